The van der Waals surface area contributed by atoms with Crippen molar-refractivity contribution in [2.75, 3.05) is 44.7 Å². The van der Waals surface area contributed by atoms with Crippen LogP contribution in [0.5, 0.6) is 0 Å². The summed E-state index contributed by atoms with van der Waals surface area (Å²) in [4.78, 5) is 16.5. The van der Waals surface area contributed by atoms with Gasteiger partial charge < -0.3 is 10.2 Å². The second-order valence-electron chi connectivity index (χ2n) is 6.52. The van der Waals surface area contributed by atoms with Crippen LogP contribution >= 0.6 is 0 Å². The SMILES string of the molecule is CN1CCN(C(=O)CC2CS(=O)(=O)CCN2)CC1(C)C. The van der Waals surface area contributed by atoms with E-state index >= 15 is 0 Å². The Morgan fingerprint density at radius 2 is 2.05 bits per heavy atom. The summed E-state index contributed by atoms with van der Waals surface area (Å²) in [5, 5.41) is 3.14. The second-order valence-corrected chi connectivity index (χ2v) is 8.75. The number of amides is 1. The van der Waals surface area contributed by atoms with Crippen molar-refractivity contribution in [2.45, 2.75) is 31.8 Å². The summed E-state index contributed by atoms with van der Waals surface area (Å²) >= 11 is 0. The highest BCUT2D eigenvalue weighted by Crippen LogP contribution is 2.20. The predicted molar refractivity (Wildman–Crippen MR) is 78.4 cm³/mol. The number of rotatable bonds is 2. The molecular weight excluding hydrogens is 278 g/mol. The van der Waals surface area contributed by atoms with Crippen LogP contribution in [0.3, 0.4) is 0 Å². The van der Waals surface area contributed by atoms with Crippen molar-refractivity contribution in [3.63, 3.8) is 0 Å². The van der Waals surface area contributed by atoms with Gasteiger partial charge in [0.05, 0.1) is 11.5 Å². The maximum atomic E-state index is 12.3. The zero-order chi connectivity index (χ0) is 15.0. The number of nitrogens with one attached hydrogen (secondary N) is 1. The quantitative estimate of drug-likeness (QED) is 0.732. The minimum atomic E-state index is -2.98. The number of sulfone groups is 1. The molecule has 2 rings (SSSR count). The lowest BCUT2D eigenvalue weighted by Gasteiger charge is -2.45. The molecule has 2 aliphatic heterocycles. The van der Waals surface area contributed by atoms with Crippen LogP contribution in [0, 0.1) is 0 Å². The molecule has 0 aromatic rings. The first-order chi connectivity index (χ1) is 9.20. The monoisotopic (exact) mass is 303 g/mol. The van der Waals surface area contributed by atoms with E-state index in [1.54, 1.807) is 0 Å². The molecule has 1 amide bonds. The van der Waals surface area contributed by atoms with Crippen LogP contribution in [0.4, 0.5) is 0 Å². The Balaban J connectivity index is 1.92. The van der Waals surface area contributed by atoms with Gasteiger partial charge in [-0.05, 0) is 20.9 Å². The summed E-state index contributed by atoms with van der Waals surface area (Å²) in [6.45, 7) is 6.97. The van der Waals surface area contributed by atoms with E-state index in [1.165, 1.54) is 0 Å². The maximum absolute atomic E-state index is 12.3. The lowest BCUT2D eigenvalue weighted by atomic mass is 9.99. The number of piperazine rings is 1. The van der Waals surface area contributed by atoms with Crippen LogP contribution in [0.25, 0.3) is 0 Å². The summed E-state index contributed by atoms with van der Waals surface area (Å²) in [5.74, 6) is 0.315. The number of hydrogen-bond acceptors (Lipinski definition) is 5. The van der Waals surface area contributed by atoms with Crippen molar-refractivity contribution >= 4 is 15.7 Å². The van der Waals surface area contributed by atoms with Gasteiger partial charge in [-0.15, -0.1) is 0 Å². The fraction of sp³-hybridized carbons (Fsp3) is 0.923. The topological polar surface area (TPSA) is 69.7 Å². The fourth-order valence-electron chi connectivity index (χ4n) is 2.79. The van der Waals surface area contributed by atoms with E-state index in [-0.39, 0.29) is 35.4 Å². The molecular formula is C13H25N3O3S. The molecule has 0 radical (unpaired) electrons. The van der Waals surface area contributed by atoms with Gasteiger partial charge in [0.15, 0.2) is 9.84 Å². The van der Waals surface area contributed by atoms with Gasteiger partial charge in [-0.25, -0.2) is 8.42 Å². The van der Waals surface area contributed by atoms with E-state index in [0.29, 0.717) is 13.1 Å². The minimum Gasteiger partial charge on any atom is -0.340 e. The van der Waals surface area contributed by atoms with E-state index in [1.807, 2.05) is 4.90 Å². The van der Waals surface area contributed by atoms with Gasteiger partial charge >= 0.3 is 0 Å². The number of carbonyl (C=O) groups excluding carboxylic acids is 1. The van der Waals surface area contributed by atoms with E-state index in [4.69, 9.17) is 0 Å². The Labute approximate surface area is 121 Å². The van der Waals surface area contributed by atoms with Crippen molar-refractivity contribution in [3.8, 4) is 0 Å². The molecule has 0 aromatic heterocycles. The van der Waals surface area contributed by atoms with Gasteiger partial charge in [0, 0.05) is 44.2 Å². The molecule has 7 heteroatoms. The van der Waals surface area contributed by atoms with Crippen LogP contribution < -0.4 is 5.32 Å². The van der Waals surface area contributed by atoms with Crippen LogP contribution in [0.1, 0.15) is 20.3 Å². The smallest absolute Gasteiger partial charge is 0.224 e. The van der Waals surface area contributed by atoms with Crippen molar-refractivity contribution in [2.24, 2.45) is 0 Å². The van der Waals surface area contributed by atoms with Crippen LogP contribution in [-0.4, -0.2) is 80.4 Å². The first kappa shape index (κ1) is 15.7. The van der Waals surface area contributed by atoms with Gasteiger partial charge in [-0.3, -0.25) is 9.69 Å². The third-order valence-corrected chi connectivity index (χ3v) is 6.13. The minimum absolute atomic E-state index is 0.0278. The normalized spacial score (nSPS) is 30.1. The van der Waals surface area contributed by atoms with E-state index in [0.717, 1.165) is 13.1 Å². The molecule has 2 saturated heterocycles. The van der Waals surface area contributed by atoms with Crippen LogP contribution in [-0.2, 0) is 14.6 Å². The molecule has 0 aromatic carbocycles. The Hall–Kier alpha value is -0.660. The third kappa shape index (κ3) is 3.71. The molecule has 1 N–H and O–H groups in total. The molecule has 2 heterocycles. The Morgan fingerprint density at radius 3 is 2.65 bits per heavy atom. The highest BCUT2D eigenvalue weighted by molar-refractivity contribution is 7.91. The van der Waals surface area contributed by atoms with E-state index in [9.17, 15) is 13.2 Å². The standard InChI is InChI=1S/C13H25N3O3S/c1-13(2)10-16(6-5-15(13)3)12(17)8-11-9-20(18,19)7-4-14-11/h11,14H,4-10H2,1-3H3. The lowest BCUT2D eigenvalue weighted by Crippen LogP contribution is -2.59. The molecule has 0 bridgehead atoms. The summed E-state index contributed by atoms with van der Waals surface area (Å²) in [7, 11) is -0.915. The van der Waals surface area contributed by atoms with Gasteiger partial charge in [0.2, 0.25) is 5.91 Å². The Kier molecular flexibility index (Phi) is 4.41. The van der Waals surface area contributed by atoms with Gasteiger partial charge in [-0.1, -0.05) is 0 Å². The molecule has 1 atom stereocenters. The van der Waals surface area contributed by atoms with Crippen molar-refractivity contribution < 1.29 is 13.2 Å². The van der Waals surface area contributed by atoms with E-state index in [2.05, 4.69) is 31.1 Å². The lowest BCUT2D eigenvalue weighted by molar-refractivity contribution is -0.136. The molecule has 0 aliphatic carbocycles. The number of carbonyl (C=O) groups is 1. The van der Waals surface area contributed by atoms with Crippen molar-refractivity contribution in [1.29, 1.82) is 0 Å². The number of nitrogens with zero attached hydrogens (tertiary/aromatic N) is 2. The molecule has 2 fully saturated rings. The molecule has 6 nitrogen and oxygen atoms in total. The highest BCUT2D eigenvalue weighted by Gasteiger charge is 2.34. The largest absolute Gasteiger partial charge is 0.340 e. The van der Waals surface area contributed by atoms with E-state index < -0.39 is 9.84 Å². The summed E-state index contributed by atoms with van der Waals surface area (Å²) in [6, 6.07) is -0.232. The number of hydrogen-bond donors (Lipinski definition) is 1. The summed E-state index contributed by atoms with van der Waals surface area (Å²) in [6.07, 6.45) is 0.277. The van der Waals surface area contributed by atoms with Crippen LogP contribution in [0.15, 0.2) is 0 Å². The third-order valence-electron chi connectivity index (χ3n) is 4.39. The average molecular weight is 303 g/mol. The zero-order valence-electron chi connectivity index (χ0n) is 12.6. The molecule has 1 unspecified atom stereocenters. The molecule has 2 aliphatic rings. The highest BCUT2D eigenvalue weighted by atomic mass is 32.2. The fourth-order valence-corrected chi connectivity index (χ4v) is 4.24. The first-order valence-corrected chi connectivity index (χ1v) is 8.95. The average Bonchev–Trinajstić information content (AvgIpc) is 2.31. The van der Waals surface area contributed by atoms with Gasteiger partial charge in [0.1, 0.15) is 0 Å². The summed E-state index contributed by atoms with van der Waals surface area (Å²) < 4.78 is 23.2. The zero-order valence-corrected chi connectivity index (χ0v) is 13.4. The maximum Gasteiger partial charge on any atom is 0.224 e. The molecule has 116 valence electrons. The molecule has 0 spiro atoms. The number of likely N-dealkylation sites (N-methyl/N-ethyl adjacent to an activating group) is 1. The van der Waals surface area contributed by atoms with Crippen molar-refractivity contribution in [1.82, 2.24) is 15.1 Å². The van der Waals surface area contributed by atoms with Crippen LogP contribution in [0.2, 0.25) is 0 Å². The van der Waals surface area contributed by atoms with Gasteiger partial charge in [0.25, 0.3) is 0 Å². The predicted octanol–water partition coefficient (Wildman–Crippen LogP) is -0.684. The second kappa shape index (κ2) is 5.61. The first-order valence-electron chi connectivity index (χ1n) is 7.12. The Morgan fingerprint density at radius 1 is 1.35 bits per heavy atom. The van der Waals surface area contributed by atoms with Crippen molar-refractivity contribution in [3.05, 3.63) is 0 Å². The summed E-state index contributed by atoms with van der Waals surface area (Å²) in [5.41, 5.74) is -0.0278. The molecule has 0 saturated carbocycles. The molecule has 20 heavy (non-hydrogen) atoms. The van der Waals surface area contributed by atoms with Gasteiger partial charge in [-0.2, -0.15) is 0 Å². The Bertz CT molecular complexity index is 475.